The molecule has 1 aliphatic carbocycles. The highest BCUT2D eigenvalue weighted by Crippen LogP contribution is 2.39. The van der Waals surface area contributed by atoms with E-state index in [2.05, 4.69) is 50.8 Å². The van der Waals surface area contributed by atoms with Crippen LogP contribution in [-0.4, -0.2) is 26.3 Å². The minimum Gasteiger partial charge on any atom is -0.322 e. The van der Waals surface area contributed by atoms with Crippen molar-refractivity contribution >= 4 is 56.0 Å². The van der Waals surface area contributed by atoms with Gasteiger partial charge in [-0.15, -0.1) is 11.3 Å². The maximum Gasteiger partial charge on any atom is 0.282 e. The maximum atomic E-state index is 13.8. The fraction of sp³-hybridized carbons (Fsp3) is 0.294. The summed E-state index contributed by atoms with van der Waals surface area (Å²) < 4.78 is 4.41. The molecule has 5 aromatic rings. The summed E-state index contributed by atoms with van der Waals surface area (Å²) in [5, 5.41) is 9.28. The topological polar surface area (TPSA) is 81.3 Å². The summed E-state index contributed by atoms with van der Waals surface area (Å²) in [7, 11) is 0. The number of nitrogens with zero attached hydrogens (tertiary/aromatic N) is 4. The van der Waals surface area contributed by atoms with Crippen LogP contribution >= 0.6 is 27.3 Å². The Kier molecular flexibility index (Phi) is 8.20. The molecule has 0 saturated heterocycles. The molecule has 0 atom stereocenters. The Bertz CT molecular complexity index is 1950. The van der Waals surface area contributed by atoms with Crippen molar-refractivity contribution in [2.45, 2.75) is 66.2 Å². The van der Waals surface area contributed by atoms with Gasteiger partial charge in [-0.25, -0.2) is 4.98 Å². The molecule has 0 aliphatic heterocycles. The van der Waals surface area contributed by atoms with Gasteiger partial charge >= 0.3 is 0 Å². The van der Waals surface area contributed by atoms with Gasteiger partial charge in [-0.05, 0) is 94.8 Å². The fourth-order valence-corrected chi connectivity index (χ4v) is 7.68. The zero-order valence-corrected chi connectivity index (χ0v) is 27.2. The SMILES string of the molecule is CCCc1nc2ccc(Br)cc2c(=O)n1N=Cc1cc(C)n(-c2sc3c(c2C(=O)Nc2ccc(C)cc2)CCCC3)c1C. The Labute approximate surface area is 263 Å². The summed E-state index contributed by atoms with van der Waals surface area (Å²) in [5.41, 5.74) is 7.19. The molecule has 220 valence electrons. The molecule has 2 aromatic carbocycles. The standard InChI is InChI=1S/C34H34BrN5O2S/c1-5-8-30-38-28-16-13-24(35)18-27(28)33(42)40(30)36-19-23-17-21(3)39(22(23)4)34-31(26-9-6-7-10-29(26)43-34)32(41)37-25-14-11-20(2)12-15-25/h11-19H,5-10H2,1-4H3,(H,37,41). The number of aryl methyl sites for hydroxylation is 4. The molecule has 1 amide bonds. The second-order valence-electron chi connectivity index (χ2n) is 11.2. The van der Waals surface area contributed by atoms with Gasteiger partial charge in [0, 0.05) is 38.4 Å². The molecule has 6 rings (SSSR count). The highest BCUT2D eigenvalue weighted by molar-refractivity contribution is 9.10. The number of carbonyl (C=O) groups excluding carboxylic acids is 1. The molecule has 0 bridgehead atoms. The number of anilines is 1. The Morgan fingerprint density at radius 1 is 1.09 bits per heavy atom. The number of aromatic nitrogens is 3. The first-order valence-electron chi connectivity index (χ1n) is 14.7. The van der Waals surface area contributed by atoms with Gasteiger partial charge in [0.2, 0.25) is 0 Å². The van der Waals surface area contributed by atoms with Crippen molar-refractivity contribution in [3.05, 3.63) is 108 Å². The van der Waals surface area contributed by atoms with Crippen LogP contribution in [0, 0.1) is 20.8 Å². The first-order valence-corrected chi connectivity index (χ1v) is 16.3. The van der Waals surface area contributed by atoms with Gasteiger partial charge in [0.15, 0.2) is 0 Å². The van der Waals surface area contributed by atoms with Gasteiger partial charge in [-0.3, -0.25) is 9.59 Å². The molecule has 0 fully saturated rings. The van der Waals surface area contributed by atoms with E-state index in [1.54, 1.807) is 23.6 Å². The largest absolute Gasteiger partial charge is 0.322 e. The predicted octanol–water partition coefficient (Wildman–Crippen LogP) is 7.90. The molecule has 1 N–H and O–H groups in total. The smallest absolute Gasteiger partial charge is 0.282 e. The molecular formula is C34H34BrN5O2S. The molecular weight excluding hydrogens is 622 g/mol. The number of rotatable bonds is 7. The molecule has 1 aliphatic rings. The Balaban J connectivity index is 1.42. The van der Waals surface area contributed by atoms with Crippen molar-refractivity contribution in [2.24, 2.45) is 5.10 Å². The predicted molar refractivity (Wildman–Crippen MR) is 180 cm³/mol. The van der Waals surface area contributed by atoms with Crippen molar-refractivity contribution in [3.8, 4) is 5.00 Å². The lowest BCUT2D eigenvalue weighted by atomic mass is 9.95. The first-order chi connectivity index (χ1) is 20.7. The lowest BCUT2D eigenvalue weighted by Crippen LogP contribution is -2.22. The lowest BCUT2D eigenvalue weighted by molar-refractivity contribution is 0.102. The second kappa shape index (κ2) is 12.1. The zero-order valence-electron chi connectivity index (χ0n) is 24.8. The molecule has 3 heterocycles. The summed E-state index contributed by atoms with van der Waals surface area (Å²) in [4.78, 5) is 33.4. The van der Waals surface area contributed by atoms with Crippen LogP contribution in [0.2, 0.25) is 0 Å². The van der Waals surface area contributed by atoms with Crippen LogP contribution in [-0.2, 0) is 19.3 Å². The van der Waals surface area contributed by atoms with Crippen LogP contribution < -0.4 is 10.9 Å². The number of benzene rings is 2. The van der Waals surface area contributed by atoms with Crippen molar-refractivity contribution in [3.63, 3.8) is 0 Å². The maximum absolute atomic E-state index is 13.8. The Morgan fingerprint density at radius 3 is 2.63 bits per heavy atom. The fourth-order valence-electron chi connectivity index (χ4n) is 5.82. The number of amides is 1. The highest BCUT2D eigenvalue weighted by Gasteiger charge is 2.28. The van der Waals surface area contributed by atoms with E-state index < -0.39 is 0 Å². The molecule has 0 radical (unpaired) electrons. The number of carbonyl (C=O) groups is 1. The van der Waals surface area contributed by atoms with E-state index in [9.17, 15) is 9.59 Å². The third-order valence-electron chi connectivity index (χ3n) is 8.02. The third kappa shape index (κ3) is 5.63. The Morgan fingerprint density at radius 2 is 1.86 bits per heavy atom. The van der Waals surface area contributed by atoms with Crippen LogP contribution in [0.4, 0.5) is 5.69 Å². The summed E-state index contributed by atoms with van der Waals surface area (Å²) in [5.74, 6) is 0.554. The van der Waals surface area contributed by atoms with E-state index in [0.717, 1.165) is 75.3 Å². The van der Waals surface area contributed by atoms with Crippen LogP contribution in [0.25, 0.3) is 15.9 Å². The molecule has 0 spiro atoms. The first kappa shape index (κ1) is 29.3. The van der Waals surface area contributed by atoms with Crippen molar-refractivity contribution in [1.29, 1.82) is 0 Å². The zero-order chi connectivity index (χ0) is 30.2. The van der Waals surface area contributed by atoms with E-state index in [1.807, 2.05) is 50.2 Å². The van der Waals surface area contributed by atoms with Crippen molar-refractivity contribution in [1.82, 2.24) is 14.2 Å². The number of hydrogen-bond acceptors (Lipinski definition) is 5. The molecule has 0 unspecified atom stereocenters. The quantitative estimate of drug-likeness (QED) is 0.181. The number of nitrogens with one attached hydrogen (secondary N) is 1. The number of hydrogen-bond donors (Lipinski definition) is 1. The number of halogens is 1. The van der Waals surface area contributed by atoms with Gasteiger partial charge in [0.1, 0.15) is 10.8 Å². The second-order valence-corrected chi connectivity index (χ2v) is 13.2. The molecule has 43 heavy (non-hydrogen) atoms. The van der Waals surface area contributed by atoms with E-state index in [4.69, 9.17) is 4.98 Å². The average Bonchev–Trinajstić information content (AvgIpc) is 3.50. The van der Waals surface area contributed by atoms with E-state index >= 15 is 0 Å². The molecule has 9 heteroatoms. The highest BCUT2D eigenvalue weighted by atomic mass is 79.9. The van der Waals surface area contributed by atoms with Gasteiger partial charge in [-0.1, -0.05) is 40.5 Å². The molecule has 3 aromatic heterocycles. The number of thiophene rings is 1. The number of fused-ring (bicyclic) bond motifs is 2. The summed E-state index contributed by atoms with van der Waals surface area (Å²) in [6.07, 6.45) is 7.34. The summed E-state index contributed by atoms with van der Waals surface area (Å²) in [6.45, 7) is 8.19. The van der Waals surface area contributed by atoms with Gasteiger partial charge in [0.25, 0.3) is 11.5 Å². The summed E-state index contributed by atoms with van der Waals surface area (Å²) >= 11 is 5.19. The normalized spacial score (nSPS) is 13.1. The average molecular weight is 657 g/mol. The van der Waals surface area contributed by atoms with E-state index in [0.29, 0.717) is 23.1 Å². The molecule has 7 nitrogen and oxygen atoms in total. The van der Waals surface area contributed by atoms with Gasteiger partial charge in [0.05, 0.1) is 22.7 Å². The van der Waals surface area contributed by atoms with Gasteiger partial charge in [-0.2, -0.15) is 9.78 Å². The van der Waals surface area contributed by atoms with Crippen LogP contribution in [0.1, 0.15) is 75.3 Å². The van der Waals surface area contributed by atoms with Gasteiger partial charge < -0.3 is 9.88 Å². The van der Waals surface area contributed by atoms with E-state index in [1.165, 1.54) is 15.1 Å². The van der Waals surface area contributed by atoms with Crippen molar-refractivity contribution in [2.75, 3.05) is 5.32 Å². The van der Waals surface area contributed by atoms with Crippen LogP contribution in [0.5, 0.6) is 0 Å². The van der Waals surface area contributed by atoms with Crippen molar-refractivity contribution < 1.29 is 4.79 Å². The van der Waals surface area contributed by atoms with Crippen LogP contribution in [0.3, 0.4) is 0 Å². The van der Waals surface area contributed by atoms with Crippen LogP contribution in [0.15, 0.2) is 62.9 Å². The monoisotopic (exact) mass is 655 g/mol. The summed E-state index contributed by atoms with van der Waals surface area (Å²) in [6, 6.07) is 15.5. The minimum absolute atomic E-state index is 0.0786. The third-order valence-corrected chi connectivity index (χ3v) is 9.79. The Hall–Kier alpha value is -3.82. The lowest BCUT2D eigenvalue weighted by Gasteiger charge is -2.14. The van der Waals surface area contributed by atoms with E-state index in [-0.39, 0.29) is 11.5 Å². The molecule has 0 saturated carbocycles. The minimum atomic E-state index is -0.194.